The number of unbranched alkanes of at least 4 members (excludes halogenated alkanes) is 25. The van der Waals surface area contributed by atoms with E-state index in [0.717, 1.165) is 109 Å². The lowest BCUT2D eigenvalue weighted by atomic mass is 10.1. The molecule has 1 amide bonds. The summed E-state index contributed by atoms with van der Waals surface area (Å²) in [6.07, 6.45) is 65.8. The van der Waals surface area contributed by atoms with Crippen molar-refractivity contribution < 1.29 is 37.3 Å². The topological polar surface area (TPSA) is 111 Å². The summed E-state index contributed by atoms with van der Waals surface area (Å²) in [5.74, 6) is -0.542. The molecule has 3 unspecified atom stereocenters. The van der Waals surface area contributed by atoms with Crippen LogP contribution in [0.15, 0.2) is 85.1 Å². The van der Waals surface area contributed by atoms with Gasteiger partial charge >= 0.3 is 13.8 Å². The quantitative estimate of drug-likeness (QED) is 0.0156. The highest BCUT2D eigenvalue weighted by Crippen LogP contribution is 2.43. The highest BCUT2D eigenvalue weighted by atomic mass is 31.2. The first kappa shape index (κ1) is 68.2. The fraction of sp³-hybridized carbons (Fsp3) is 0.738. The molecule has 0 bridgehead atoms. The van der Waals surface area contributed by atoms with Crippen molar-refractivity contribution in [2.24, 2.45) is 0 Å². The Kier molecular flexibility index (Phi) is 48.7. The molecule has 3 atom stereocenters. The summed E-state index contributed by atoms with van der Waals surface area (Å²) in [6.45, 7) is 6.81. The summed E-state index contributed by atoms with van der Waals surface area (Å²) in [6, 6.07) is -0.865. The lowest BCUT2D eigenvalue weighted by molar-refractivity contribution is -0.870. The molecule has 0 radical (unpaired) electrons. The molecule has 0 aliphatic heterocycles. The van der Waals surface area contributed by atoms with Gasteiger partial charge in [-0.25, -0.2) is 4.57 Å². The molecule has 0 aromatic heterocycles. The predicted molar refractivity (Wildman–Crippen MR) is 304 cm³/mol. The number of rotatable bonds is 51. The Morgan fingerprint density at radius 1 is 0.521 bits per heavy atom. The number of likely N-dealkylation sites (N-methyl/N-ethyl adjacent to an activating group) is 1. The molecule has 0 aromatic rings. The van der Waals surface area contributed by atoms with Crippen molar-refractivity contribution in [3.63, 3.8) is 0 Å². The van der Waals surface area contributed by atoms with Crippen LogP contribution < -0.4 is 5.32 Å². The molecule has 2 N–H and O–H groups in total. The first-order valence-corrected chi connectivity index (χ1v) is 30.4. The van der Waals surface area contributed by atoms with Crippen molar-refractivity contribution in [3.05, 3.63) is 85.1 Å². The first-order chi connectivity index (χ1) is 34.4. The summed E-state index contributed by atoms with van der Waals surface area (Å²) in [5, 5.41) is 3.03. The minimum Gasteiger partial charge on any atom is -0.456 e. The fourth-order valence-corrected chi connectivity index (χ4v) is 8.62. The zero-order chi connectivity index (χ0) is 52.2. The number of amides is 1. The van der Waals surface area contributed by atoms with Gasteiger partial charge in [-0.2, -0.15) is 0 Å². The Balaban J connectivity index is 5.28. The first-order valence-electron chi connectivity index (χ1n) is 28.9. The average Bonchev–Trinajstić information content (AvgIpc) is 3.33. The van der Waals surface area contributed by atoms with Gasteiger partial charge in [0.2, 0.25) is 5.91 Å². The molecule has 9 nitrogen and oxygen atoms in total. The molecule has 10 heteroatoms. The molecule has 0 fully saturated rings. The number of allylic oxidation sites excluding steroid dienone is 13. The molecular formula is C61H110N2O7P+. The van der Waals surface area contributed by atoms with E-state index in [4.69, 9.17) is 13.8 Å². The molecule has 0 spiro atoms. The number of phosphoric ester groups is 1. The molecule has 71 heavy (non-hydrogen) atoms. The van der Waals surface area contributed by atoms with Crippen LogP contribution in [0.1, 0.15) is 239 Å². The van der Waals surface area contributed by atoms with Gasteiger partial charge in [0.05, 0.1) is 33.8 Å². The summed E-state index contributed by atoms with van der Waals surface area (Å²) in [4.78, 5) is 37.5. The van der Waals surface area contributed by atoms with E-state index in [9.17, 15) is 19.0 Å². The highest BCUT2D eigenvalue weighted by molar-refractivity contribution is 7.47. The zero-order valence-corrected chi connectivity index (χ0v) is 47.6. The molecular weight excluding hydrogens is 904 g/mol. The molecule has 0 aliphatic rings. The second-order valence-electron chi connectivity index (χ2n) is 20.5. The molecule has 0 rings (SSSR count). The van der Waals surface area contributed by atoms with E-state index >= 15 is 0 Å². The number of hydrogen-bond acceptors (Lipinski definition) is 6. The Bertz CT molecular complexity index is 1490. The van der Waals surface area contributed by atoms with Crippen LogP contribution in [0.25, 0.3) is 0 Å². The van der Waals surface area contributed by atoms with E-state index in [1.54, 1.807) is 0 Å². The Hall–Kier alpha value is -2.81. The standard InChI is InChI=1S/C61H109N2O7P/c1-7-10-13-16-19-22-25-27-28-29-30-31-32-33-34-36-39-42-45-48-51-54-61(65)70-59(52-49-46-43-40-37-24-21-18-15-12-9-3)58(57-69-71(66,67)68-56-55-63(4,5)6)62-60(64)53-50-47-44-41-38-35-26-23-20-17-14-11-8-2/h11,14,17,19-20,22-23,26-28,30-31,49,52,58-59H,7-10,12-13,15-16,18,21,24-25,29,32-48,50-51,53-57H2,1-6H3,(H-,62,64,66,67)/p+1/b14-11+,20-17+,22-19-,26-23-,28-27-,31-30-,52-49-. The van der Waals surface area contributed by atoms with E-state index in [-0.39, 0.29) is 31.5 Å². The summed E-state index contributed by atoms with van der Waals surface area (Å²) in [7, 11) is 1.47. The van der Waals surface area contributed by atoms with Crippen LogP contribution in [0.4, 0.5) is 0 Å². The number of nitrogens with zero attached hydrogens (tertiary/aromatic N) is 1. The van der Waals surface area contributed by atoms with E-state index in [2.05, 4.69) is 92.9 Å². The number of quaternary nitrogens is 1. The summed E-state index contributed by atoms with van der Waals surface area (Å²) >= 11 is 0. The SMILES string of the molecule is CC/C=C/C=C/C=C\CCCCCCCC(=O)NC(COP(=O)(O)OCC[N+](C)(C)C)C(/C=C\CCCCCCCCCCC)OC(=O)CCCCCCCCCC/C=C\C/C=C\C/C=C\CCCCC. The fourth-order valence-electron chi connectivity index (χ4n) is 7.89. The van der Waals surface area contributed by atoms with Crippen molar-refractivity contribution in [3.8, 4) is 0 Å². The monoisotopic (exact) mass is 1010 g/mol. The number of carbonyl (C=O) groups excluding carboxylic acids is 2. The minimum absolute atomic E-state index is 0.0309. The van der Waals surface area contributed by atoms with Crippen LogP contribution in [0, 0.1) is 0 Å². The van der Waals surface area contributed by atoms with Crippen LogP contribution in [0.5, 0.6) is 0 Å². The van der Waals surface area contributed by atoms with E-state index in [1.165, 1.54) is 96.3 Å². The number of esters is 1. The number of ether oxygens (including phenoxy) is 1. The van der Waals surface area contributed by atoms with Crippen LogP contribution >= 0.6 is 7.82 Å². The van der Waals surface area contributed by atoms with Gasteiger partial charge in [-0.15, -0.1) is 0 Å². The van der Waals surface area contributed by atoms with Crippen molar-refractivity contribution in [1.82, 2.24) is 5.32 Å². The maximum Gasteiger partial charge on any atom is 0.472 e. The summed E-state index contributed by atoms with van der Waals surface area (Å²) in [5.41, 5.74) is 0. The number of carbonyl (C=O) groups is 2. The molecule has 0 heterocycles. The maximum atomic E-state index is 13.5. The van der Waals surface area contributed by atoms with Gasteiger partial charge in [0.25, 0.3) is 0 Å². The third kappa shape index (κ3) is 51.9. The van der Waals surface area contributed by atoms with Gasteiger partial charge < -0.3 is 19.4 Å². The molecule has 0 saturated carbocycles. The van der Waals surface area contributed by atoms with Crippen LogP contribution in [0.3, 0.4) is 0 Å². The van der Waals surface area contributed by atoms with Crippen LogP contribution in [0.2, 0.25) is 0 Å². The second-order valence-corrected chi connectivity index (χ2v) is 21.9. The Morgan fingerprint density at radius 3 is 1.49 bits per heavy atom. The van der Waals surface area contributed by atoms with Crippen molar-refractivity contribution in [1.29, 1.82) is 0 Å². The third-order valence-corrected chi connectivity index (χ3v) is 13.4. The molecule has 410 valence electrons. The normalized spacial score (nSPS) is 14.4. The largest absolute Gasteiger partial charge is 0.472 e. The predicted octanol–water partition coefficient (Wildman–Crippen LogP) is 17.4. The van der Waals surface area contributed by atoms with Gasteiger partial charge in [0.1, 0.15) is 19.3 Å². The lowest BCUT2D eigenvalue weighted by Gasteiger charge is -2.27. The van der Waals surface area contributed by atoms with Crippen molar-refractivity contribution in [2.45, 2.75) is 251 Å². The minimum atomic E-state index is -4.45. The van der Waals surface area contributed by atoms with Crippen molar-refractivity contribution in [2.75, 3.05) is 40.9 Å². The number of phosphoric acid groups is 1. The molecule has 0 aliphatic carbocycles. The smallest absolute Gasteiger partial charge is 0.456 e. The Morgan fingerprint density at radius 2 is 0.958 bits per heavy atom. The van der Waals surface area contributed by atoms with Crippen LogP contribution in [-0.4, -0.2) is 74.3 Å². The third-order valence-electron chi connectivity index (χ3n) is 12.4. The summed E-state index contributed by atoms with van der Waals surface area (Å²) < 4.78 is 30.6. The van der Waals surface area contributed by atoms with Gasteiger partial charge in [-0.05, 0) is 89.5 Å². The van der Waals surface area contributed by atoms with E-state index < -0.39 is 20.0 Å². The highest BCUT2D eigenvalue weighted by Gasteiger charge is 2.30. The lowest BCUT2D eigenvalue weighted by Crippen LogP contribution is -2.47. The van der Waals surface area contributed by atoms with Gasteiger partial charge in [0.15, 0.2) is 0 Å². The van der Waals surface area contributed by atoms with Crippen LogP contribution in [-0.2, 0) is 27.9 Å². The van der Waals surface area contributed by atoms with Gasteiger partial charge in [-0.3, -0.25) is 18.6 Å². The second kappa shape index (κ2) is 50.7. The number of nitrogens with one attached hydrogen (secondary N) is 1. The van der Waals surface area contributed by atoms with Gasteiger partial charge in [0, 0.05) is 12.8 Å². The average molecular weight is 1010 g/mol. The Labute approximate surface area is 437 Å². The zero-order valence-electron chi connectivity index (χ0n) is 46.7. The van der Waals surface area contributed by atoms with E-state index in [1.807, 2.05) is 39.4 Å². The van der Waals surface area contributed by atoms with Gasteiger partial charge in [-0.1, -0.05) is 222 Å². The molecule has 0 aromatic carbocycles. The number of hydrogen-bond donors (Lipinski definition) is 2. The molecule has 0 saturated heterocycles. The maximum absolute atomic E-state index is 13.5. The van der Waals surface area contributed by atoms with E-state index in [0.29, 0.717) is 17.4 Å². The van der Waals surface area contributed by atoms with Crippen molar-refractivity contribution >= 4 is 19.7 Å².